The molecule has 45 heavy (non-hydrogen) atoms. The predicted molar refractivity (Wildman–Crippen MR) is 142 cm³/mol. The van der Waals surface area contributed by atoms with E-state index in [4.69, 9.17) is 4.74 Å². The normalized spacial score (nSPS) is 24.9. The van der Waals surface area contributed by atoms with Gasteiger partial charge in [0.15, 0.2) is 9.84 Å². The summed E-state index contributed by atoms with van der Waals surface area (Å²) < 4.78 is 140. The first-order valence-electron chi connectivity index (χ1n) is 13.7. The lowest BCUT2D eigenvalue weighted by atomic mass is 9.70. The quantitative estimate of drug-likeness (QED) is 0.276. The van der Waals surface area contributed by atoms with Gasteiger partial charge in [-0.05, 0) is 61.9 Å². The summed E-state index contributed by atoms with van der Waals surface area (Å²) in [5, 5.41) is 9.39. The van der Waals surface area contributed by atoms with Crippen molar-refractivity contribution in [3.05, 3.63) is 65.5 Å². The number of nitrogens with zero attached hydrogens (tertiary/aromatic N) is 1. The highest BCUT2D eigenvalue weighted by molar-refractivity contribution is 7.92. The van der Waals surface area contributed by atoms with Gasteiger partial charge in [-0.25, -0.2) is 17.2 Å². The van der Waals surface area contributed by atoms with Crippen molar-refractivity contribution in [2.24, 2.45) is 11.3 Å². The third kappa shape index (κ3) is 5.79. The Morgan fingerprint density at radius 1 is 0.911 bits per heavy atom. The molecule has 2 aliphatic rings. The van der Waals surface area contributed by atoms with Crippen molar-refractivity contribution in [3.63, 3.8) is 0 Å². The second-order valence-electron chi connectivity index (χ2n) is 11.5. The fraction of sp³-hybridized carbons (Fsp3) is 0.517. The van der Waals surface area contributed by atoms with Gasteiger partial charge in [0.1, 0.15) is 10.6 Å². The number of hydrogen-bond acceptors (Lipinski definition) is 5. The molecule has 0 bridgehead atoms. The minimum absolute atomic E-state index is 0.104. The monoisotopic (exact) mass is 671 g/mol. The van der Waals surface area contributed by atoms with Crippen LogP contribution in [0.2, 0.25) is 0 Å². The van der Waals surface area contributed by atoms with Crippen LogP contribution >= 0.6 is 0 Å². The molecule has 0 aromatic heterocycles. The molecule has 0 spiro atoms. The Kier molecular flexibility index (Phi) is 9.09. The predicted octanol–water partition coefficient (Wildman–Crippen LogP) is 5.92. The van der Waals surface area contributed by atoms with Crippen molar-refractivity contribution in [2.45, 2.75) is 59.8 Å². The molecule has 16 heteroatoms. The molecule has 1 saturated carbocycles. The topological polar surface area (TPSA) is 101 Å². The smallest absolute Gasteiger partial charge is 0.435 e. The summed E-state index contributed by atoms with van der Waals surface area (Å²) in [7, 11) is -3.30. The molecule has 248 valence electrons. The highest BCUT2D eigenvalue weighted by Crippen LogP contribution is 2.54. The van der Waals surface area contributed by atoms with Crippen molar-refractivity contribution in [1.82, 2.24) is 4.90 Å². The van der Waals surface area contributed by atoms with Crippen molar-refractivity contribution in [2.75, 3.05) is 26.8 Å². The summed E-state index contributed by atoms with van der Waals surface area (Å²) in [6.07, 6.45) is -12.7. The lowest BCUT2D eigenvalue weighted by Crippen LogP contribution is -2.50. The molecule has 1 N–H and O–H groups in total. The lowest BCUT2D eigenvalue weighted by molar-refractivity contribution is -0.348. The first-order valence-corrected chi connectivity index (χ1v) is 15.2. The molecule has 2 fully saturated rings. The van der Waals surface area contributed by atoms with E-state index in [0.29, 0.717) is 12.1 Å². The van der Waals surface area contributed by atoms with Gasteiger partial charge in [0.2, 0.25) is 5.91 Å². The second kappa shape index (κ2) is 11.8. The molecule has 0 radical (unpaired) electrons. The summed E-state index contributed by atoms with van der Waals surface area (Å²) in [5.41, 5.74) is -9.10. The molecule has 1 saturated heterocycles. The average Bonchev–Trinajstić information content (AvgIpc) is 3.43. The van der Waals surface area contributed by atoms with Gasteiger partial charge in [0.25, 0.3) is 0 Å². The van der Waals surface area contributed by atoms with Gasteiger partial charge >= 0.3 is 24.0 Å². The minimum Gasteiger partial charge on any atom is -0.481 e. The highest BCUT2D eigenvalue weighted by atomic mass is 32.2. The molecule has 2 aromatic carbocycles. The van der Waals surface area contributed by atoms with Crippen LogP contribution in [0.15, 0.2) is 53.4 Å². The number of alkyl halides is 7. The number of sulfone groups is 1. The Labute approximate surface area is 253 Å². The fourth-order valence-corrected chi connectivity index (χ4v) is 8.42. The van der Waals surface area contributed by atoms with Crippen LogP contribution in [0.1, 0.15) is 43.2 Å². The summed E-state index contributed by atoms with van der Waals surface area (Å²) in [6.45, 7) is -0.931. The van der Waals surface area contributed by atoms with Crippen molar-refractivity contribution < 1.29 is 63.0 Å². The van der Waals surface area contributed by atoms with Gasteiger partial charge in [-0.1, -0.05) is 24.3 Å². The Hall–Kier alpha value is -3.27. The van der Waals surface area contributed by atoms with Gasteiger partial charge in [-0.15, -0.1) is 0 Å². The van der Waals surface area contributed by atoms with E-state index in [1.54, 1.807) is 0 Å². The first-order chi connectivity index (χ1) is 20.8. The number of halogens is 8. The zero-order valence-corrected chi connectivity index (χ0v) is 24.5. The standard InChI is InChI=1S/C29H29F8NO6S/c1-44-17-25(12-10-18(11-13-25)23(39)40)24(41)38-15-14-26(16-38,45(42,43)22-8-6-21(30)7-9-22)19-2-4-20(5-3-19)27(31,28(32,33)34)29(35,36)37/h2-9,18H,10-17H2,1H3,(H,39,40). The van der Waals surface area contributed by atoms with Crippen LogP contribution in [0, 0.1) is 17.2 Å². The Morgan fingerprint density at radius 3 is 1.91 bits per heavy atom. The number of ether oxygens (including phenoxy) is 1. The number of carboxylic acid groups (broad SMARTS) is 1. The van der Waals surface area contributed by atoms with Crippen LogP contribution < -0.4 is 0 Å². The van der Waals surface area contributed by atoms with Crippen molar-refractivity contribution in [3.8, 4) is 0 Å². The van der Waals surface area contributed by atoms with Crippen molar-refractivity contribution >= 4 is 21.7 Å². The van der Waals surface area contributed by atoms with E-state index in [-0.39, 0.29) is 63.0 Å². The van der Waals surface area contributed by atoms with Gasteiger partial charge < -0.3 is 14.7 Å². The molecular weight excluding hydrogens is 642 g/mol. The number of methoxy groups -OCH3 is 1. The van der Waals surface area contributed by atoms with Gasteiger partial charge in [0.05, 0.1) is 22.8 Å². The number of likely N-dealkylation sites (tertiary alicyclic amines) is 1. The van der Waals surface area contributed by atoms with Crippen LogP contribution in [-0.2, 0) is 34.6 Å². The highest BCUT2D eigenvalue weighted by Gasteiger charge is 2.73. The van der Waals surface area contributed by atoms with E-state index < -0.39 is 78.6 Å². The molecule has 2 aromatic rings. The van der Waals surface area contributed by atoms with Gasteiger partial charge in [-0.2, -0.15) is 26.3 Å². The van der Waals surface area contributed by atoms with E-state index in [9.17, 15) is 58.2 Å². The molecular formula is C29H29F8NO6S. The molecule has 1 heterocycles. The molecule has 1 aliphatic carbocycles. The summed E-state index contributed by atoms with van der Waals surface area (Å²) in [6, 6.07) is 5.29. The molecule has 1 atom stereocenters. The number of rotatable bonds is 8. The molecule has 1 amide bonds. The van der Waals surface area contributed by atoms with E-state index in [0.717, 1.165) is 24.3 Å². The second-order valence-corrected chi connectivity index (χ2v) is 13.7. The Bertz CT molecular complexity index is 1500. The molecule has 4 rings (SSSR count). The summed E-state index contributed by atoms with van der Waals surface area (Å²) in [4.78, 5) is 26.2. The zero-order valence-electron chi connectivity index (χ0n) is 23.7. The maximum Gasteiger partial charge on any atom is 0.435 e. The summed E-state index contributed by atoms with van der Waals surface area (Å²) in [5.74, 6) is -3.07. The number of carboxylic acids is 1. The number of aliphatic carboxylic acids is 1. The maximum absolute atomic E-state index is 14.7. The SMILES string of the molecule is COCC1(C(=O)N2CCC(c3ccc(C(F)(C(F)(F)F)C(F)(F)F)cc3)(S(=O)(=O)c3ccc(F)cc3)C2)CCC(C(=O)O)CC1. The Morgan fingerprint density at radius 2 is 1.44 bits per heavy atom. The van der Waals surface area contributed by atoms with E-state index in [2.05, 4.69) is 0 Å². The number of amides is 1. The third-order valence-electron chi connectivity index (χ3n) is 8.91. The van der Waals surface area contributed by atoms with E-state index in [1.165, 1.54) is 12.0 Å². The number of hydrogen-bond donors (Lipinski definition) is 1. The van der Waals surface area contributed by atoms with Crippen molar-refractivity contribution in [1.29, 1.82) is 0 Å². The van der Waals surface area contributed by atoms with E-state index >= 15 is 0 Å². The first kappa shape index (κ1) is 34.6. The van der Waals surface area contributed by atoms with Crippen LogP contribution in [-0.4, -0.2) is 69.5 Å². The van der Waals surface area contributed by atoms with E-state index in [1.807, 2.05) is 0 Å². The summed E-state index contributed by atoms with van der Waals surface area (Å²) >= 11 is 0. The zero-order chi connectivity index (χ0) is 33.6. The van der Waals surface area contributed by atoms with Gasteiger partial charge in [0, 0.05) is 25.8 Å². The number of carbonyl (C=O) groups is 2. The molecule has 1 unspecified atom stereocenters. The van der Waals surface area contributed by atoms with Crippen LogP contribution in [0.25, 0.3) is 0 Å². The molecule has 7 nitrogen and oxygen atoms in total. The van der Waals surface area contributed by atoms with Gasteiger partial charge in [-0.3, -0.25) is 9.59 Å². The van der Waals surface area contributed by atoms with Crippen LogP contribution in [0.5, 0.6) is 0 Å². The largest absolute Gasteiger partial charge is 0.481 e. The number of carbonyl (C=O) groups excluding carboxylic acids is 1. The van der Waals surface area contributed by atoms with Crippen LogP contribution in [0.4, 0.5) is 35.1 Å². The number of benzene rings is 2. The minimum atomic E-state index is -6.39. The Balaban J connectivity index is 1.79. The average molecular weight is 672 g/mol. The maximum atomic E-state index is 14.7. The molecule has 1 aliphatic heterocycles. The van der Waals surface area contributed by atoms with Crippen LogP contribution in [0.3, 0.4) is 0 Å². The fourth-order valence-electron chi connectivity index (χ4n) is 6.35. The lowest BCUT2D eigenvalue weighted by Gasteiger charge is -2.40. The third-order valence-corrected chi connectivity index (χ3v) is 11.4.